The van der Waals surface area contributed by atoms with E-state index in [-0.39, 0.29) is 11.4 Å². The van der Waals surface area contributed by atoms with E-state index in [9.17, 15) is 4.79 Å². The Bertz CT molecular complexity index is 628. The zero-order chi connectivity index (χ0) is 13.5. The van der Waals surface area contributed by atoms with E-state index < -0.39 is 5.97 Å². The van der Waals surface area contributed by atoms with Crippen molar-refractivity contribution >= 4 is 5.97 Å². The standard InChI is InChI=1S/C14H13NO4/c1-18-14(5-6-14)10-4-2-3-9(7-10)11-8-12(13(16)17)19-15-11/h2-4,7-8H,5-6H2,1H3,(H,16,17). The number of nitrogens with zero attached hydrogens (tertiary/aromatic N) is 1. The summed E-state index contributed by atoms with van der Waals surface area (Å²) < 4.78 is 10.3. The molecule has 98 valence electrons. The summed E-state index contributed by atoms with van der Waals surface area (Å²) in [6, 6.07) is 9.20. The van der Waals surface area contributed by atoms with Gasteiger partial charge in [-0.2, -0.15) is 0 Å². The maximum atomic E-state index is 10.8. The number of rotatable bonds is 4. The van der Waals surface area contributed by atoms with E-state index in [0.29, 0.717) is 5.69 Å². The van der Waals surface area contributed by atoms with E-state index in [0.717, 1.165) is 24.0 Å². The molecule has 0 bridgehead atoms. The van der Waals surface area contributed by atoms with E-state index >= 15 is 0 Å². The second-order valence-corrected chi connectivity index (χ2v) is 4.66. The van der Waals surface area contributed by atoms with Gasteiger partial charge in [0.1, 0.15) is 5.69 Å². The lowest BCUT2D eigenvalue weighted by molar-refractivity contribution is 0.0652. The summed E-state index contributed by atoms with van der Waals surface area (Å²) >= 11 is 0. The van der Waals surface area contributed by atoms with Gasteiger partial charge in [0.15, 0.2) is 0 Å². The summed E-state index contributed by atoms with van der Waals surface area (Å²) in [5, 5.41) is 12.6. The predicted molar refractivity (Wildman–Crippen MR) is 66.8 cm³/mol. The third-order valence-electron chi connectivity index (χ3n) is 3.50. The monoisotopic (exact) mass is 259 g/mol. The van der Waals surface area contributed by atoms with Crippen molar-refractivity contribution in [2.24, 2.45) is 0 Å². The van der Waals surface area contributed by atoms with Gasteiger partial charge < -0.3 is 14.4 Å². The maximum Gasteiger partial charge on any atom is 0.374 e. The molecule has 0 spiro atoms. The van der Waals surface area contributed by atoms with E-state index in [1.54, 1.807) is 7.11 Å². The van der Waals surface area contributed by atoms with Crippen molar-refractivity contribution in [2.45, 2.75) is 18.4 Å². The second kappa shape index (κ2) is 4.20. The summed E-state index contributed by atoms with van der Waals surface area (Å²) in [5.74, 6) is -1.28. The minimum absolute atomic E-state index is 0.159. The van der Waals surface area contributed by atoms with E-state index in [1.165, 1.54) is 6.07 Å². The molecule has 0 saturated heterocycles. The van der Waals surface area contributed by atoms with Crippen molar-refractivity contribution < 1.29 is 19.2 Å². The summed E-state index contributed by atoms with van der Waals surface area (Å²) in [6.07, 6.45) is 2.01. The Balaban J connectivity index is 1.96. The molecular weight excluding hydrogens is 246 g/mol. The summed E-state index contributed by atoms with van der Waals surface area (Å²) in [7, 11) is 1.71. The first kappa shape index (κ1) is 11.9. The molecule has 1 aliphatic carbocycles. The normalized spacial score (nSPS) is 16.3. The number of aromatic nitrogens is 1. The van der Waals surface area contributed by atoms with Gasteiger partial charge in [-0.25, -0.2) is 4.79 Å². The first-order chi connectivity index (χ1) is 9.14. The maximum absolute atomic E-state index is 10.8. The number of aromatic carboxylic acids is 1. The molecule has 0 atom stereocenters. The van der Waals surface area contributed by atoms with Gasteiger partial charge in [0.25, 0.3) is 0 Å². The van der Waals surface area contributed by atoms with Crippen LogP contribution in [0, 0.1) is 0 Å². The lowest BCUT2D eigenvalue weighted by Crippen LogP contribution is -2.08. The van der Waals surface area contributed by atoms with Crippen LogP contribution in [0.25, 0.3) is 11.3 Å². The Labute approximate surface area is 109 Å². The number of hydrogen-bond donors (Lipinski definition) is 1. The average Bonchev–Trinajstić information content (AvgIpc) is 3.07. The van der Waals surface area contributed by atoms with Crippen molar-refractivity contribution in [1.29, 1.82) is 0 Å². The quantitative estimate of drug-likeness (QED) is 0.913. The number of methoxy groups -OCH3 is 1. The Morgan fingerprint density at radius 2 is 2.21 bits per heavy atom. The first-order valence-corrected chi connectivity index (χ1v) is 6.01. The molecule has 1 aromatic carbocycles. The zero-order valence-electron chi connectivity index (χ0n) is 10.4. The lowest BCUT2D eigenvalue weighted by Gasteiger charge is -2.14. The van der Waals surface area contributed by atoms with Gasteiger partial charge in [0, 0.05) is 18.7 Å². The van der Waals surface area contributed by atoms with Crippen LogP contribution in [0.15, 0.2) is 34.9 Å². The second-order valence-electron chi connectivity index (χ2n) is 4.66. The van der Waals surface area contributed by atoms with Gasteiger partial charge in [-0.3, -0.25) is 0 Å². The van der Waals surface area contributed by atoms with Crippen LogP contribution in [-0.2, 0) is 10.3 Å². The predicted octanol–water partition coefficient (Wildman–Crippen LogP) is 2.68. The number of carboxylic acid groups (broad SMARTS) is 1. The fraction of sp³-hybridized carbons (Fsp3) is 0.286. The molecule has 0 aliphatic heterocycles. The van der Waals surface area contributed by atoms with Crippen molar-refractivity contribution in [3.8, 4) is 11.3 Å². The third-order valence-corrected chi connectivity index (χ3v) is 3.50. The van der Waals surface area contributed by atoms with Gasteiger partial charge in [0.2, 0.25) is 5.76 Å². The molecular formula is C14H13NO4. The number of carbonyl (C=O) groups is 1. The van der Waals surface area contributed by atoms with Gasteiger partial charge >= 0.3 is 5.97 Å². The van der Waals surface area contributed by atoms with Gasteiger partial charge in [-0.15, -0.1) is 0 Å². The van der Waals surface area contributed by atoms with Crippen molar-refractivity contribution in [3.63, 3.8) is 0 Å². The number of benzene rings is 1. The molecule has 19 heavy (non-hydrogen) atoms. The van der Waals surface area contributed by atoms with Crippen LogP contribution < -0.4 is 0 Å². The Hall–Kier alpha value is -2.14. The molecule has 1 heterocycles. The molecule has 1 N–H and O–H groups in total. The van der Waals surface area contributed by atoms with Crippen LogP contribution >= 0.6 is 0 Å². The lowest BCUT2D eigenvalue weighted by atomic mass is 10.0. The largest absolute Gasteiger partial charge is 0.475 e. The van der Waals surface area contributed by atoms with Crippen LogP contribution in [0.2, 0.25) is 0 Å². The highest BCUT2D eigenvalue weighted by atomic mass is 16.5. The van der Waals surface area contributed by atoms with Crippen LogP contribution in [-0.4, -0.2) is 23.3 Å². The molecule has 1 aliphatic rings. The fourth-order valence-electron chi connectivity index (χ4n) is 2.20. The topological polar surface area (TPSA) is 72.6 Å². The van der Waals surface area contributed by atoms with Gasteiger partial charge in [-0.1, -0.05) is 23.4 Å². The Morgan fingerprint density at radius 1 is 1.42 bits per heavy atom. The average molecular weight is 259 g/mol. The molecule has 1 saturated carbocycles. The Kier molecular flexibility index (Phi) is 2.64. The van der Waals surface area contributed by atoms with Crippen molar-refractivity contribution in [1.82, 2.24) is 5.16 Å². The van der Waals surface area contributed by atoms with Gasteiger partial charge in [0.05, 0.1) is 5.60 Å². The summed E-state index contributed by atoms with van der Waals surface area (Å²) in [5.41, 5.74) is 2.27. The van der Waals surface area contributed by atoms with E-state index in [4.69, 9.17) is 14.4 Å². The molecule has 5 heteroatoms. The van der Waals surface area contributed by atoms with E-state index in [2.05, 4.69) is 5.16 Å². The highest BCUT2D eigenvalue weighted by molar-refractivity contribution is 5.85. The molecule has 0 amide bonds. The van der Waals surface area contributed by atoms with Crippen LogP contribution in [0.4, 0.5) is 0 Å². The Morgan fingerprint density at radius 3 is 2.79 bits per heavy atom. The number of hydrogen-bond acceptors (Lipinski definition) is 4. The SMILES string of the molecule is COC1(c2cccc(-c3cc(C(=O)O)on3)c2)CC1. The molecule has 1 aromatic heterocycles. The highest BCUT2D eigenvalue weighted by Crippen LogP contribution is 2.49. The van der Waals surface area contributed by atoms with Crippen molar-refractivity contribution in [2.75, 3.05) is 7.11 Å². The number of carboxylic acids is 1. The zero-order valence-corrected chi connectivity index (χ0v) is 10.4. The summed E-state index contributed by atoms with van der Waals surface area (Å²) in [6.45, 7) is 0. The fourth-order valence-corrected chi connectivity index (χ4v) is 2.20. The van der Waals surface area contributed by atoms with Crippen molar-refractivity contribution in [3.05, 3.63) is 41.7 Å². The molecule has 1 fully saturated rings. The molecule has 3 rings (SSSR count). The molecule has 2 aromatic rings. The van der Waals surface area contributed by atoms with Crippen LogP contribution in [0.3, 0.4) is 0 Å². The molecule has 0 unspecified atom stereocenters. The van der Waals surface area contributed by atoms with Gasteiger partial charge in [-0.05, 0) is 24.5 Å². The number of ether oxygens (including phenoxy) is 1. The van der Waals surface area contributed by atoms with E-state index in [1.807, 2.05) is 24.3 Å². The van der Waals surface area contributed by atoms with Crippen LogP contribution in [0.5, 0.6) is 0 Å². The molecule has 0 radical (unpaired) electrons. The summed E-state index contributed by atoms with van der Waals surface area (Å²) in [4.78, 5) is 10.8. The highest BCUT2D eigenvalue weighted by Gasteiger charge is 2.44. The van der Waals surface area contributed by atoms with Crippen LogP contribution in [0.1, 0.15) is 29.0 Å². The third kappa shape index (κ3) is 2.02. The minimum Gasteiger partial charge on any atom is -0.475 e. The minimum atomic E-state index is -1.12. The smallest absolute Gasteiger partial charge is 0.374 e. The first-order valence-electron chi connectivity index (χ1n) is 6.01. The molecule has 5 nitrogen and oxygen atoms in total.